The largest absolute Gasteiger partial charge is 0.478 e. The first-order valence-electron chi connectivity index (χ1n) is 5.60. The van der Waals surface area contributed by atoms with Gasteiger partial charge in [0.25, 0.3) is 0 Å². The second-order valence-corrected chi connectivity index (χ2v) is 3.97. The minimum Gasteiger partial charge on any atom is -0.478 e. The zero-order chi connectivity index (χ0) is 13.0. The van der Waals surface area contributed by atoms with E-state index in [9.17, 15) is 4.79 Å². The quantitative estimate of drug-likeness (QED) is 0.894. The summed E-state index contributed by atoms with van der Waals surface area (Å²) in [4.78, 5) is 15.2. The summed E-state index contributed by atoms with van der Waals surface area (Å²) < 4.78 is 0. The highest BCUT2D eigenvalue weighted by Crippen LogP contribution is 2.10. The van der Waals surface area contributed by atoms with Crippen LogP contribution in [0.4, 0.5) is 0 Å². The number of carbonyl (C=O) groups is 1. The monoisotopic (exact) mass is 239 g/mol. The van der Waals surface area contributed by atoms with E-state index in [2.05, 4.69) is 4.98 Å². The number of benzene rings is 1. The Morgan fingerprint density at radius 3 is 2.67 bits per heavy atom. The lowest BCUT2D eigenvalue weighted by molar-refractivity contribution is 0.0697. The Kier molecular flexibility index (Phi) is 3.53. The van der Waals surface area contributed by atoms with E-state index in [4.69, 9.17) is 5.11 Å². The van der Waals surface area contributed by atoms with Gasteiger partial charge >= 0.3 is 5.97 Å². The smallest absolute Gasteiger partial charge is 0.335 e. The molecular weight excluding hydrogens is 226 g/mol. The van der Waals surface area contributed by atoms with E-state index in [0.29, 0.717) is 0 Å². The van der Waals surface area contributed by atoms with E-state index in [1.165, 1.54) is 0 Å². The molecule has 0 amide bonds. The van der Waals surface area contributed by atoms with Crippen molar-refractivity contribution in [3.05, 3.63) is 65.0 Å². The lowest BCUT2D eigenvalue weighted by Crippen LogP contribution is -1.95. The number of carboxylic acids is 1. The third-order valence-corrected chi connectivity index (χ3v) is 2.49. The van der Waals surface area contributed by atoms with Crippen LogP contribution in [0.5, 0.6) is 0 Å². The van der Waals surface area contributed by atoms with Crippen LogP contribution >= 0.6 is 0 Å². The van der Waals surface area contributed by atoms with Crippen LogP contribution in [0.1, 0.15) is 27.3 Å². The highest BCUT2D eigenvalue weighted by molar-refractivity contribution is 5.88. The van der Waals surface area contributed by atoms with Gasteiger partial charge in [-0.15, -0.1) is 0 Å². The Labute approximate surface area is 105 Å². The number of hydrogen-bond acceptors (Lipinski definition) is 2. The molecule has 1 aromatic heterocycles. The fourth-order valence-corrected chi connectivity index (χ4v) is 1.61. The van der Waals surface area contributed by atoms with Gasteiger partial charge in [-0.3, -0.25) is 4.98 Å². The van der Waals surface area contributed by atoms with Crippen molar-refractivity contribution in [1.29, 1.82) is 0 Å². The number of rotatable bonds is 3. The van der Waals surface area contributed by atoms with Crippen LogP contribution in [0.25, 0.3) is 12.2 Å². The van der Waals surface area contributed by atoms with Gasteiger partial charge in [0.2, 0.25) is 0 Å². The molecule has 0 saturated carbocycles. The maximum absolute atomic E-state index is 10.8. The fourth-order valence-electron chi connectivity index (χ4n) is 1.61. The third kappa shape index (κ3) is 3.04. The number of aromatic nitrogens is 1. The Hall–Kier alpha value is -2.42. The number of aromatic carboxylic acids is 1. The van der Waals surface area contributed by atoms with Crippen molar-refractivity contribution >= 4 is 18.1 Å². The van der Waals surface area contributed by atoms with Gasteiger partial charge in [-0.05, 0) is 42.8 Å². The van der Waals surface area contributed by atoms with Crippen LogP contribution in [0.3, 0.4) is 0 Å². The summed E-state index contributed by atoms with van der Waals surface area (Å²) in [7, 11) is 0. The van der Waals surface area contributed by atoms with E-state index in [1.54, 1.807) is 18.2 Å². The third-order valence-electron chi connectivity index (χ3n) is 2.49. The molecule has 2 aromatic rings. The first kappa shape index (κ1) is 12.0. The fraction of sp³-hybridized carbons (Fsp3) is 0.0667. The normalized spacial score (nSPS) is 10.7. The Morgan fingerprint density at radius 1 is 1.17 bits per heavy atom. The molecule has 1 N–H and O–H groups in total. The number of carboxylic acid groups (broad SMARTS) is 1. The molecule has 0 bridgehead atoms. The summed E-state index contributed by atoms with van der Waals surface area (Å²) in [5, 5.41) is 8.89. The van der Waals surface area contributed by atoms with E-state index >= 15 is 0 Å². The molecule has 3 nitrogen and oxygen atoms in total. The molecule has 0 atom stereocenters. The first-order chi connectivity index (χ1) is 8.65. The molecule has 0 fully saturated rings. The number of nitrogens with zero attached hydrogens (tertiary/aromatic N) is 1. The SMILES string of the molecule is Cc1cccc(C=Cc2cccc(C(=O)O)c2)n1. The van der Waals surface area contributed by atoms with E-state index < -0.39 is 5.97 Å². The van der Waals surface area contributed by atoms with Crippen LogP contribution in [-0.4, -0.2) is 16.1 Å². The minimum absolute atomic E-state index is 0.286. The maximum atomic E-state index is 10.8. The van der Waals surface area contributed by atoms with Gasteiger partial charge in [0.1, 0.15) is 0 Å². The molecule has 2 rings (SSSR count). The van der Waals surface area contributed by atoms with Gasteiger partial charge in [0.15, 0.2) is 0 Å². The predicted octanol–water partition coefficient (Wildman–Crippen LogP) is 3.26. The second-order valence-electron chi connectivity index (χ2n) is 3.97. The summed E-state index contributed by atoms with van der Waals surface area (Å²) in [6.45, 7) is 1.93. The molecule has 1 heterocycles. The summed E-state index contributed by atoms with van der Waals surface area (Å²) in [5.41, 5.74) is 2.94. The van der Waals surface area contributed by atoms with Crippen molar-refractivity contribution in [2.45, 2.75) is 6.92 Å². The highest BCUT2D eigenvalue weighted by Gasteiger charge is 2.01. The zero-order valence-electron chi connectivity index (χ0n) is 10.00. The van der Waals surface area contributed by atoms with Crippen LogP contribution in [0.2, 0.25) is 0 Å². The lowest BCUT2D eigenvalue weighted by atomic mass is 10.1. The Bertz CT molecular complexity index is 603. The van der Waals surface area contributed by atoms with Gasteiger partial charge < -0.3 is 5.11 Å². The van der Waals surface area contributed by atoms with Gasteiger partial charge in [0.05, 0.1) is 11.3 Å². The van der Waals surface area contributed by atoms with Crippen molar-refractivity contribution in [1.82, 2.24) is 4.98 Å². The summed E-state index contributed by atoms with van der Waals surface area (Å²) in [6, 6.07) is 12.6. The first-order valence-corrected chi connectivity index (χ1v) is 5.60. The van der Waals surface area contributed by atoms with Crippen molar-refractivity contribution in [3.63, 3.8) is 0 Å². The van der Waals surface area contributed by atoms with Gasteiger partial charge in [-0.1, -0.05) is 24.3 Å². The highest BCUT2D eigenvalue weighted by atomic mass is 16.4. The van der Waals surface area contributed by atoms with E-state index in [1.807, 2.05) is 43.3 Å². The molecule has 18 heavy (non-hydrogen) atoms. The molecule has 0 saturated heterocycles. The molecule has 0 unspecified atom stereocenters. The van der Waals surface area contributed by atoms with Crippen LogP contribution in [0, 0.1) is 6.92 Å². The second kappa shape index (κ2) is 5.27. The molecule has 0 radical (unpaired) electrons. The average Bonchev–Trinajstić information content (AvgIpc) is 2.37. The predicted molar refractivity (Wildman–Crippen MR) is 71.3 cm³/mol. The Balaban J connectivity index is 2.23. The van der Waals surface area contributed by atoms with Gasteiger partial charge in [0, 0.05) is 5.69 Å². The van der Waals surface area contributed by atoms with Gasteiger partial charge in [-0.25, -0.2) is 4.79 Å². The number of pyridine rings is 1. The topological polar surface area (TPSA) is 50.2 Å². The molecule has 0 aliphatic heterocycles. The maximum Gasteiger partial charge on any atom is 0.335 e. The van der Waals surface area contributed by atoms with E-state index in [0.717, 1.165) is 17.0 Å². The van der Waals surface area contributed by atoms with Crippen LogP contribution in [-0.2, 0) is 0 Å². The lowest BCUT2D eigenvalue weighted by Gasteiger charge is -1.97. The summed E-state index contributed by atoms with van der Waals surface area (Å²) >= 11 is 0. The van der Waals surface area contributed by atoms with Gasteiger partial charge in [-0.2, -0.15) is 0 Å². The van der Waals surface area contributed by atoms with Crippen molar-refractivity contribution < 1.29 is 9.90 Å². The number of aryl methyl sites for hydroxylation is 1. The molecule has 1 aromatic carbocycles. The molecule has 90 valence electrons. The molecule has 0 aliphatic carbocycles. The van der Waals surface area contributed by atoms with Crippen molar-refractivity contribution in [2.75, 3.05) is 0 Å². The molecular formula is C15H13NO2. The van der Waals surface area contributed by atoms with Crippen molar-refractivity contribution in [3.8, 4) is 0 Å². The molecule has 0 aliphatic rings. The molecule has 0 spiro atoms. The van der Waals surface area contributed by atoms with E-state index in [-0.39, 0.29) is 5.56 Å². The Morgan fingerprint density at radius 2 is 1.94 bits per heavy atom. The summed E-state index contributed by atoms with van der Waals surface area (Å²) in [5.74, 6) is -0.918. The zero-order valence-corrected chi connectivity index (χ0v) is 10.00. The summed E-state index contributed by atoms with van der Waals surface area (Å²) in [6.07, 6.45) is 3.72. The van der Waals surface area contributed by atoms with Crippen LogP contribution < -0.4 is 0 Å². The molecule has 3 heteroatoms. The number of hydrogen-bond donors (Lipinski definition) is 1. The van der Waals surface area contributed by atoms with Crippen LogP contribution in [0.15, 0.2) is 42.5 Å². The average molecular weight is 239 g/mol. The standard InChI is InChI=1S/C15H13NO2/c1-11-4-2-7-14(16-11)9-8-12-5-3-6-13(10-12)15(17)18/h2-10H,1H3,(H,17,18). The van der Waals surface area contributed by atoms with Crippen molar-refractivity contribution in [2.24, 2.45) is 0 Å². The minimum atomic E-state index is -0.918.